The van der Waals surface area contributed by atoms with Gasteiger partial charge in [0.25, 0.3) is 0 Å². The second-order valence-corrected chi connectivity index (χ2v) is 17.2. The van der Waals surface area contributed by atoms with Crippen LogP contribution in [0.4, 0.5) is 4.79 Å². The summed E-state index contributed by atoms with van der Waals surface area (Å²) in [6.07, 6.45) is 0.335. The molecule has 7 N–H and O–H groups in total. The molecule has 0 bridgehead atoms. The second kappa shape index (κ2) is 24.5. The lowest BCUT2D eigenvalue weighted by atomic mass is 9.94. The van der Waals surface area contributed by atoms with E-state index in [-0.39, 0.29) is 92.1 Å². The van der Waals surface area contributed by atoms with Crippen LogP contribution in [0.25, 0.3) is 0 Å². The summed E-state index contributed by atoms with van der Waals surface area (Å²) in [6.45, 7) is 24.0. The molecule has 0 unspecified atom stereocenters. The number of carbonyl (C=O) groups is 7. The minimum atomic E-state index is -0.968. The first-order chi connectivity index (χ1) is 24.8. The zero-order valence-corrected chi connectivity index (χ0v) is 35.1. The summed E-state index contributed by atoms with van der Waals surface area (Å²) in [5.41, 5.74) is -0.676. The van der Waals surface area contributed by atoms with E-state index in [4.69, 9.17) is 4.74 Å². The van der Waals surface area contributed by atoms with E-state index in [9.17, 15) is 38.7 Å². The number of nitrogens with one attached hydrogen (secondary N) is 6. The van der Waals surface area contributed by atoms with Crippen molar-refractivity contribution in [1.82, 2.24) is 31.9 Å². The minimum Gasteiger partial charge on any atom is -0.481 e. The Balaban J connectivity index is 5.11. The monoisotopic (exact) mass is 769 g/mol. The highest BCUT2D eigenvalue weighted by atomic mass is 16.6. The Morgan fingerprint density at radius 2 is 1.11 bits per heavy atom. The standard InChI is InChI=1S/C39H72N6O9/c1-22(2)14-28(37(51)52)20-41-32(46)16-27(10)43-36(50)30(24(5)6)21-42-33(47)17-29(15-23(3)4)44-35(49)26(9)19-40-34(48)18-31(25(7)8)45-38(53)54-39(11,12)13/h22-31H,14-21H2,1-13H3,(H,40,48)(H,41,46)(H,42,47)(H,43,50)(H,44,49)(H,45,53)(H,51,52)/t26-,27-,28-,29-,30+,31+/m0/s1. The summed E-state index contributed by atoms with van der Waals surface area (Å²) in [5.74, 6) is -4.36. The van der Waals surface area contributed by atoms with Crippen molar-refractivity contribution in [3.63, 3.8) is 0 Å². The molecule has 0 aliphatic rings. The molecule has 0 rings (SSSR count). The van der Waals surface area contributed by atoms with Crippen LogP contribution in [0.5, 0.6) is 0 Å². The Morgan fingerprint density at radius 3 is 1.61 bits per heavy atom. The highest BCUT2D eigenvalue weighted by molar-refractivity contribution is 5.84. The van der Waals surface area contributed by atoms with Gasteiger partial charge in [-0.05, 0) is 64.2 Å². The van der Waals surface area contributed by atoms with Gasteiger partial charge in [0, 0.05) is 57.0 Å². The highest BCUT2D eigenvalue weighted by Crippen LogP contribution is 2.15. The molecule has 0 aromatic heterocycles. The summed E-state index contributed by atoms with van der Waals surface area (Å²) in [5, 5.41) is 26.2. The average molecular weight is 769 g/mol. The lowest BCUT2D eigenvalue weighted by molar-refractivity contribution is -0.142. The molecule has 0 aromatic rings. The second-order valence-electron chi connectivity index (χ2n) is 17.2. The summed E-state index contributed by atoms with van der Waals surface area (Å²) in [6, 6.07) is -1.47. The Bertz CT molecular complexity index is 1230. The molecular formula is C39H72N6O9. The maximum atomic E-state index is 13.2. The van der Waals surface area contributed by atoms with E-state index in [1.165, 1.54) is 0 Å². The number of carbonyl (C=O) groups excluding carboxylic acids is 6. The topological polar surface area (TPSA) is 221 Å². The third-order valence-corrected chi connectivity index (χ3v) is 8.69. The van der Waals surface area contributed by atoms with Crippen LogP contribution in [-0.4, -0.2) is 90.1 Å². The third kappa shape index (κ3) is 23.0. The van der Waals surface area contributed by atoms with Crippen LogP contribution in [0.15, 0.2) is 0 Å². The van der Waals surface area contributed by atoms with Crippen LogP contribution in [0.3, 0.4) is 0 Å². The molecule has 0 spiro atoms. The van der Waals surface area contributed by atoms with Gasteiger partial charge in [-0.2, -0.15) is 0 Å². The van der Waals surface area contributed by atoms with Gasteiger partial charge in [-0.15, -0.1) is 0 Å². The number of alkyl carbamates (subject to hydrolysis) is 1. The molecule has 0 aromatic carbocycles. The quantitative estimate of drug-likeness (QED) is 0.0759. The van der Waals surface area contributed by atoms with Crippen molar-refractivity contribution in [3.05, 3.63) is 0 Å². The number of carboxylic acid groups (broad SMARTS) is 1. The van der Waals surface area contributed by atoms with Crippen molar-refractivity contribution in [3.8, 4) is 0 Å². The largest absolute Gasteiger partial charge is 0.481 e. The summed E-state index contributed by atoms with van der Waals surface area (Å²) >= 11 is 0. The molecule has 0 aliphatic carbocycles. The predicted molar refractivity (Wildman–Crippen MR) is 208 cm³/mol. The first-order valence-corrected chi connectivity index (χ1v) is 19.4. The molecule has 0 heterocycles. The lowest BCUT2D eigenvalue weighted by Crippen LogP contribution is -2.48. The van der Waals surface area contributed by atoms with Gasteiger partial charge < -0.3 is 41.7 Å². The summed E-state index contributed by atoms with van der Waals surface area (Å²) in [7, 11) is 0. The number of hydrogen-bond acceptors (Lipinski definition) is 8. The van der Waals surface area contributed by atoms with E-state index in [1.54, 1.807) is 34.6 Å². The Morgan fingerprint density at radius 1 is 0.593 bits per heavy atom. The molecule has 6 atom stereocenters. The number of rotatable bonds is 24. The van der Waals surface area contributed by atoms with Crippen LogP contribution in [-0.2, 0) is 33.5 Å². The van der Waals surface area contributed by atoms with Gasteiger partial charge >= 0.3 is 12.1 Å². The first-order valence-electron chi connectivity index (χ1n) is 19.4. The number of hydrogen-bond donors (Lipinski definition) is 7. The van der Waals surface area contributed by atoms with Crippen LogP contribution >= 0.6 is 0 Å². The fourth-order valence-electron chi connectivity index (χ4n) is 5.63. The smallest absolute Gasteiger partial charge is 0.407 e. The highest BCUT2D eigenvalue weighted by Gasteiger charge is 2.28. The van der Waals surface area contributed by atoms with Gasteiger partial charge in [0.05, 0.1) is 17.8 Å². The number of carboxylic acids is 1. The van der Waals surface area contributed by atoms with Crippen molar-refractivity contribution in [2.75, 3.05) is 19.6 Å². The third-order valence-electron chi connectivity index (χ3n) is 8.69. The van der Waals surface area contributed by atoms with Gasteiger partial charge in [0.2, 0.25) is 29.5 Å². The maximum Gasteiger partial charge on any atom is 0.407 e. The van der Waals surface area contributed by atoms with Gasteiger partial charge in [-0.1, -0.05) is 62.3 Å². The fourth-order valence-corrected chi connectivity index (χ4v) is 5.63. The van der Waals surface area contributed by atoms with Crippen LogP contribution in [0.2, 0.25) is 0 Å². The normalized spacial score (nSPS) is 15.1. The number of ether oxygens (including phenoxy) is 1. The number of aliphatic carboxylic acids is 1. The van der Waals surface area contributed by atoms with Crippen molar-refractivity contribution in [1.29, 1.82) is 0 Å². The van der Waals surface area contributed by atoms with Gasteiger partial charge in [-0.3, -0.25) is 28.8 Å². The molecule has 15 nitrogen and oxygen atoms in total. The van der Waals surface area contributed by atoms with E-state index >= 15 is 0 Å². The van der Waals surface area contributed by atoms with Crippen LogP contribution in [0.1, 0.15) is 122 Å². The fraction of sp³-hybridized carbons (Fsp3) is 0.821. The van der Waals surface area contributed by atoms with Gasteiger partial charge in [0.15, 0.2) is 0 Å². The first kappa shape index (κ1) is 50.1. The maximum absolute atomic E-state index is 13.2. The average Bonchev–Trinajstić information content (AvgIpc) is 2.99. The van der Waals surface area contributed by atoms with Crippen molar-refractivity contribution >= 4 is 41.6 Å². The Labute approximate surface area is 323 Å². The molecule has 0 aliphatic heterocycles. The Hall–Kier alpha value is -3.91. The summed E-state index contributed by atoms with van der Waals surface area (Å²) in [4.78, 5) is 88.4. The minimum absolute atomic E-state index is 0.00738. The lowest BCUT2D eigenvalue weighted by Gasteiger charge is -2.26. The molecule has 0 saturated carbocycles. The zero-order valence-electron chi connectivity index (χ0n) is 35.1. The summed E-state index contributed by atoms with van der Waals surface area (Å²) < 4.78 is 5.31. The van der Waals surface area contributed by atoms with Crippen LogP contribution < -0.4 is 31.9 Å². The van der Waals surface area contributed by atoms with E-state index in [0.717, 1.165) is 0 Å². The van der Waals surface area contributed by atoms with Gasteiger partial charge in [-0.25, -0.2) is 4.79 Å². The van der Waals surface area contributed by atoms with Gasteiger partial charge in [0.1, 0.15) is 5.60 Å². The molecule has 0 fully saturated rings. The molecule has 6 amide bonds. The molecule has 0 radical (unpaired) electrons. The van der Waals surface area contributed by atoms with E-state index < -0.39 is 53.5 Å². The zero-order chi connectivity index (χ0) is 41.9. The molecule has 0 saturated heterocycles. The molecule has 54 heavy (non-hydrogen) atoms. The van der Waals surface area contributed by atoms with Crippen molar-refractivity contribution in [2.45, 2.75) is 146 Å². The van der Waals surface area contributed by atoms with E-state index in [2.05, 4.69) is 31.9 Å². The van der Waals surface area contributed by atoms with Crippen LogP contribution in [0, 0.1) is 41.4 Å². The predicted octanol–water partition coefficient (Wildman–Crippen LogP) is 3.75. The van der Waals surface area contributed by atoms with E-state index in [0.29, 0.717) is 12.8 Å². The van der Waals surface area contributed by atoms with Crippen molar-refractivity contribution in [2.24, 2.45) is 41.4 Å². The molecule has 312 valence electrons. The Kier molecular flexibility index (Phi) is 22.7. The molecule has 15 heteroatoms. The van der Waals surface area contributed by atoms with E-state index in [1.807, 2.05) is 55.4 Å². The SMILES string of the molecule is CC(C)C[C@@H](CC(=O)NC[C@@H](C(=O)N[C@@H](C)CC(=O)NC[C@H](CC(C)C)C(=O)O)C(C)C)NC(=O)[C@@H](C)CNC(=O)C[C@@H](NC(=O)OC(C)(C)C)C(C)C. The van der Waals surface area contributed by atoms with Crippen molar-refractivity contribution < 1.29 is 43.4 Å². The number of amides is 6. The molecular weight excluding hydrogens is 696 g/mol.